The predicted molar refractivity (Wildman–Crippen MR) is 113 cm³/mol. The number of nitrogens with zero attached hydrogens (tertiary/aromatic N) is 6. The molecule has 2 aromatic heterocycles. The maximum atomic E-state index is 12.8. The summed E-state index contributed by atoms with van der Waals surface area (Å²) in [4.78, 5) is 13.7. The van der Waals surface area contributed by atoms with Crippen molar-refractivity contribution in [3.05, 3.63) is 30.0 Å². The number of rotatable bonds is 6. The number of piperazine rings is 1. The summed E-state index contributed by atoms with van der Waals surface area (Å²) in [5.41, 5.74) is 0. The van der Waals surface area contributed by atoms with E-state index >= 15 is 0 Å². The van der Waals surface area contributed by atoms with Crippen molar-refractivity contribution in [1.82, 2.24) is 24.3 Å². The Morgan fingerprint density at radius 3 is 2.40 bits per heavy atom. The van der Waals surface area contributed by atoms with Gasteiger partial charge in [-0.15, -0.1) is 0 Å². The summed E-state index contributed by atoms with van der Waals surface area (Å²) in [5, 5.41) is 3.99. The molecule has 164 valence electrons. The Labute approximate surface area is 178 Å². The van der Waals surface area contributed by atoms with Gasteiger partial charge in [-0.05, 0) is 31.9 Å². The molecule has 30 heavy (non-hydrogen) atoms. The minimum Gasteiger partial charge on any atom is -0.354 e. The number of hydrogen-bond donors (Lipinski definition) is 0. The summed E-state index contributed by atoms with van der Waals surface area (Å²) in [6.07, 6.45) is 5.21. The summed E-state index contributed by atoms with van der Waals surface area (Å²) < 4.78 is 32.6. The normalized spacial score (nSPS) is 20.4. The third kappa shape index (κ3) is 4.35. The molecule has 9 nitrogen and oxygen atoms in total. The van der Waals surface area contributed by atoms with Crippen LogP contribution in [0.4, 0.5) is 5.82 Å². The van der Waals surface area contributed by atoms with Gasteiger partial charge in [0.25, 0.3) is 0 Å². The Kier molecular flexibility index (Phi) is 6.35. The molecule has 4 heterocycles. The summed E-state index contributed by atoms with van der Waals surface area (Å²) in [5.74, 6) is 2.20. The predicted octanol–water partition coefficient (Wildman–Crippen LogP) is 2.08. The van der Waals surface area contributed by atoms with Crippen molar-refractivity contribution in [2.45, 2.75) is 50.5 Å². The molecule has 0 N–H and O–H groups in total. The van der Waals surface area contributed by atoms with Crippen molar-refractivity contribution in [2.75, 3.05) is 44.2 Å². The van der Waals surface area contributed by atoms with Gasteiger partial charge >= 0.3 is 0 Å². The van der Waals surface area contributed by atoms with Gasteiger partial charge in [-0.2, -0.15) is 9.29 Å². The monoisotopic (exact) mass is 434 g/mol. The highest BCUT2D eigenvalue weighted by Gasteiger charge is 2.28. The summed E-state index contributed by atoms with van der Waals surface area (Å²) >= 11 is 0. The van der Waals surface area contributed by atoms with E-state index in [-0.39, 0.29) is 10.9 Å². The van der Waals surface area contributed by atoms with E-state index in [0.717, 1.165) is 63.5 Å². The van der Waals surface area contributed by atoms with Gasteiger partial charge in [0.05, 0.1) is 6.04 Å². The third-order valence-electron chi connectivity index (χ3n) is 6.02. The molecule has 2 saturated heterocycles. The van der Waals surface area contributed by atoms with Crippen molar-refractivity contribution >= 4 is 15.8 Å². The van der Waals surface area contributed by atoms with Gasteiger partial charge in [-0.3, -0.25) is 4.90 Å². The molecule has 0 radical (unpaired) electrons. The van der Waals surface area contributed by atoms with Gasteiger partial charge in [0.1, 0.15) is 10.7 Å². The van der Waals surface area contributed by atoms with Crippen molar-refractivity contribution in [2.24, 2.45) is 0 Å². The second-order valence-electron chi connectivity index (χ2n) is 7.92. The van der Waals surface area contributed by atoms with E-state index in [2.05, 4.69) is 31.8 Å². The topological polar surface area (TPSA) is 95.7 Å². The average molecular weight is 435 g/mol. The van der Waals surface area contributed by atoms with Crippen LogP contribution >= 0.6 is 0 Å². The fraction of sp³-hybridized carbons (Fsp3) is 0.650. The largest absolute Gasteiger partial charge is 0.354 e. The van der Waals surface area contributed by atoms with E-state index in [1.165, 1.54) is 6.20 Å². The Morgan fingerprint density at radius 2 is 1.80 bits per heavy atom. The summed E-state index contributed by atoms with van der Waals surface area (Å²) in [7, 11) is -3.44. The molecule has 0 saturated carbocycles. The molecule has 2 fully saturated rings. The van der Waals surface area contributed by atoms with Gasteiger partial charge in [0, 0.05) is 51.9 Å². The number of piperidine rings is 1. The first-order valence-electron chi connectivity index (χ1n) is 10.8. The van der Waals surface area contributed by atoms with Crippen molar-refractivity contribution in [3.8, 4) is 0 Å². The van der Waals surface area contributed by atoms with Crippen molar-refractivity contribution in [3.63, 3.8) is 0 Å². The second-order valence-corrected chi connectivity index (χ2v) is 9.86. The third-order valence-corrected chi connectivity index (χ3v) is 7.90. The Balaban J connectivity index is 1.36. The second kappa shape index (κ2) is 8.99. The number of anilines is 1. The Morgan fingerprint density at radius 1 is 1.07 bits per heavy atom. The maximum absolute atomic E-state index is 12.8. The minimum atomic E-state index is -3.44. The lowest BCUT2D eigenvalue weighted by molar-refractivity contribution is 0.164. The zero-order valence-corrected chi connectivity index (χ0v) is 18.5. The van der Waals surface area contributed by atoms with Crippen molar-refractivity contribution in [1.29, 1.82) is 0 Å². The smallest absolute Gasteiger partial charge is 0.244 e. The molecule has 2 aliphatic rings. The van der Waals surface area contributed by atoms with Crippen LogP contribution < -0.4 is 4.90 Å². The fourth-order valence-electron chi connectivity index (χ4n) is 4.04. The minimum absolute atomic E-state index is 0.0740. The van der Waals surface area contributed by atoms with Crippen LogP contribution in [0.25, 0.3) is 0 Å². The van der Waals surface area contributed by atoms with Gasteiger partial charge in [-0.1, -0.05) is 18.5 Å². The van der Waals surface area contributed by atoms with Gasteiger partial charge in [-0.25, -0.2) is 13.4 Å². The van der Waals surface area contributed by atoms with E-state index in [1.807, 2.05) is 13.0 Å². The van der Waals surface area contributed by atoms with E-state index in [1.54, 1.807) is 10.4 Å². The van der Waals surface area contributed by atoms with Crippen LogP contribution in [0.2, 0.25) is 0 Å². The molecule has 0 bridgehead atoms. The molecule has 2 aliphatic heterocycles. The molecule has 0 aliphatic carbocycles. The molecular formula is C20H30N6O3S. The van der Waals surface area contributed by atoms with Crippen LogP contribution in [0, 0.1) is 0 Å². The standard InChI is InChI=1S/C20H30N6O3S/c1-3-18-22-20(29-23-18)16(2)24-11-13-25(14-12-24)19-8-7-17(15-21-19)30(27,28)26-9-5-4-6-10-26/h7-8,15-16H,3-6,9-14H2,1-2H3. The van der Waals surface area contributed by atoms with Crippen LogP contribution in [-0.4, -0.2) is 72.0 Å². The average Bonchev–Trinajstić information content (AvgIpc) is 3.29. The van der Waals surface area contributed by atoms with Crippen molar-refractivity contribution < 1.29 is 12.9 Å². The first-order chi connectivity index (χ1) is 14.5. The maximum Gasteiger partial charge on any atom is 0.244 e. The lowest BCUT2D eigenvalue weighted by atomic mass is 10.2. The van der Waals surface area contributed by atoms with E-state index in [9.17, 15) is 8.42 Å². The Hall–Kier alpha value is -2.04. The molecule has 0 amide bonds. The first kappa shape index (κ1) is 21.2. The summed E-state index contributed by atoms with van der Waals surface area (Å²) in [6.45, 7) is 8.61. The molecule has 0 aromatic carbocycles. The van der Waals surface area contributed by atoms with E-state index < -0.39 is 10.0 Å². The zero-order valence-electron chi connectivity index (χ0n) is 17.7. The number of pyridine rings is 1. The van der Waals surface area contributed by atoms with Crippen LogP contribution in [0.5, 0.6) is 0 Å². The van der Waals surface area contributed by atoms with E-state index in [0.29, 0.717) is 19.0 Å². The number of sulfonamides is 1. The van der Waals surface area contributed by atoms with Gasteiger partial charge in [0.2, 0.25) is 15.9 Å². The Bertz CT molecular complexity index is 932. The molecule has 1 atom stereocenters. The van der Waals surface area contributed by atoms with Gasteiger partial charge in [0.15, 0.2) is 5.82 Å². The quantitative estimate of drug-likeness (QED) is 0.682. The zero-order chi connectivity index (χ0) is 21.1. The first-order valence-corrected chi connectivity index (χ1v) is 12.2. The SMILES string of the molecule is CCc1noc(C(C)N2CCN(c3ccc(S(=O)(=O)N4CCCCC4)cn3)CC2)n1. The highest BCUT2D eigenvalue weighted by atomic mass is 32.2. The lowest BCUT2D eigenvalue weighted by Gasteiger charge is -2.37. The van der Waals surface area contributed by atoms with Crippen LogP contribution in [-0.2, 0) is 16.4 Å². The number of aromatic nitrogens is 3. The highest BCUT2D eigenvalue weighted by molar-refractivity contribution is 7.89. The number of aryl methyl sites for hydroxylation is 1. The molecule has 0 spiro atoms. The van der Waals surface area contributed by atoms with Crippen LogP contribution in [0.15, 0.2) is 27.7 Å². The summed E-state index contributed by atoms with van der Waals surface area (Å²) in [6, 6.07) is 3.58. The molecule has 4 rings (SSSR count). The molecular weight excluding hydrogens is 404 g/mol. The molecule has 10 heteroatoms. The van der Waals surface area contributed by atoms with E-state index in [4.69, 9.17) is 4.52 Å². The van der Waals surface area contributed by atoms with Crippen LogP contribution in [0.1, 0.15) is 50.9 Å². The van der Waals surface area contributed by atoms with Crippen LogP contribution in [0.3, 0.4) is 0 Å². The fourth-order valence-corrected chi connectivity index (χ4v) is 5.50. The molecule has 1 unspecified atom stereocenters. The lowest BCUT2D eigenvalue weighted by Crippen LogP contribution is -2.47. The molecule has 2 aromatic rings. The van der Waals surface area contributed by atoms with Gasteiger partial charge < -0.3 is 9.42 Å². The number of hydrogen-bond acceptors (Lipinski definition) is 8. The highest BCUT2D eigenvalue weighted by Crippen LogP contribution is 2.24.